The highest BCUT2D eigenvalue weighted by Gasteiger charge is 2.35. The van der Waals surface area contributed by atoms with E-state index in [0.717, 1.165) is 75.3 Å². The first-order chi connectivity index (χ1) is 16.2. The molecule has 0 bridgehead atoms. The third-order valence-electron chi connectivity index (χ3n) is 8.94. The molecule has 0 N–H and O–H groups in total. The minimum atomic E-state index is -4.59. The van der Waals surface area contributed by atoms with E-state index in [1.54, 1.807) is 6.07 Å². The normalized spacial score (nSPS) is 33.5. The summed E-state index contributed by atoms with van der Waals surface area (Å²) in [6.45, 7) is 3.90. The van der Waals surface area contributed by atoms with Gasteiger partial charge in [-0.15, -0.1) is 6.58 Å². The van der Waals surface area contributed by atoms with Crippen molar-refractivity contribution in [1.82, 2.24) is 0 Å². The molecule has 0 saturated heterocycles. The quantitative estimate of drug-likeness (QED) is 0.291. The smallest absolute Gasteiger partial charge is 0.212 e. The molecule has 0 unspecified atom stereocenters. The second-order valence-corrected chi connectivity index (χ2v) is 10.9. The summed E-state index contributed by atoms with van der Waals surface area (Å²) in [6.07, 6.45) is 8.26. The lowest BCUT2D eigenvalue weighted by atomic mass is 9.68. The van der Waals surface area contributed by atoms with Gasteiger partial charge in [0.15, 0.2) is 0 Å². The maximum absolute atomic E-state index is 15.1. The zero-order valence-electron chi connectivity index (χ0n) is 19.9. The maximum atomic E-state index is 15.1. The fraction of sp³-hybridized carbons (Fsp3) is 0.655. The summed E-state index contributed by atoms with van der Waals surface area (Å²) < 4.78 is 66.3. The molecule has 0 aliphatic heterocycles. The number of allylic oxidation sites excluding steroid dienone is 3. The SMILES string of the molecule is C=CC1CCC(c2ccc(C3CCC(C4CCC(C(F)=CC(F)(F)F)CC4)CC3)c(F)c2)CC1. The first kappa shape index (κ1) is 25.4. The monoisotopic (exact) mass is 480 g/mol. The summed E-state index contributed by atoms with van der Waals surface area (Å²) >= 11 is 0. The van der Waals surface area contributed by atoms with Gasteiger partial charge in [0.25, 0.3) is 0 Å². The van der Waals surface area contributed by atoms with E-state index < -0.39 is 17.9 Å². The summed E-state index contributed by atoms with van der Waals surface area (Å²) in [5.74, 6) is 0.589. The van der Waals surface area contributed by atoms with E-state index in [4.69, 9.17) is 0 Å². The number of halogens is 5. The van der Waals surface area contributed by atoms with Gasteiger partial charge in [-0.1, -0.05) is 18.2 Å². The van der Waals surface area contributed by atoms with Crippen LogP contribution in [0.25, 0.3) is 0 Å². The molecule has 0 atom stereocenters. The summed E-state index contributed by atoms with van der Waals surface area (Å²) in [5.41, 5.74) is 1.96. The summed E-state index contributed by atoms with van der Waals surface area (Å²) in [6, 6.07) is 5.91. The first-order valence-electron chi connectivity index (χ1n) is 13.1. The first-order valence-corrected chi connectivity index (χ1v) is 13.1. The third-order valence-corrected chi connectivity index (χ3v) is 8.94. The van der Waals surface area contributed by atoms with Crippen LogP contribution in [0.4, 0.5) is 22.0 Å². The molecule has 0 nitrogen and oxygen atoms in total. The van der Waals surface area contributed by atoms with Crippen LogP contribution in [0.1, 0.15) is 100 Å². The minimum Gasteiger partial charge on any atom is -0.212 e. The van der Waals surface area contributed by atoms with E-state index in [2.05, 4.69) is 12.6 Å². The van der Waals surface area contributed by atoms with Gasteiger partial charge < -0.3 is 0 Å². The summed E-state index contributed by atoms with van der Waals surface area (Å²) in [5, 5.41) is 0. The topological polar surface area (TPSA) is 0 Å². The Bertz CT molecular complexity index is 846. The molecule has 0 amide bonds. The lowest BCUT2D eigenvalue weighted by Crippen LogP contribution is -2.26. The molecule has 188 valence electrons. The highest BCUT2D eigenvalue weighted by atomic mass is 19.4. The molecule has 3 aliphatic carbocycles. The standard InChI is InChI=1S/C29H37F5/c1-2-19-3-5-22(6-4-19)25-15-16-26(27(30)17-25)23-11-7-20(8-12-23)21-9-13-24(14-10-21)28(31)18-29(32,33)34/h2,15-24H,1,3-14H2. The third kappa shape index (κ3) is 6.31. The van der Waals surface area contributed by atoms with Gasteiger partial charge in [0.1, 0.15) is 11.6 Å². The average molecular weight is 481 g/mol. The van der Waals surface area contributed by atoms with Crippen LogP contribution in [0.15, 0.2) is 42.8 Å². The number of hydrogen-bond donors (Lipinski definition) is 0. The van der Waals surface area contributed by atoms with Crippen molar-refractivity contribution in [1.29, 1.82) is 0 Å². The number of alkyl halides is 3. The van der Waals surface area contributed by atoms with Gasteiger partial charge in [-0.05, 0) is 124 Å². The average Bonchev–Trinajstić information content (AvgIpc) is 2.83. The van der Waals surface area contributed by atoms with Crippen LogP contribution in [-0.2, 0) is 0 Å². The highest BCUT2D eigenvalue weighted by Crippen LogP contribution is 2.46. The number of rotatable bonds is 5. The van der Waals surface area contributed by atoms with Crippen LogP contribution >= 0.6 is 0 Å². The Morgan fingerprint density at radius 3 is 1.88 bits per heavy atom. The van der Waals surface area contributed by atoms with E-state index in [1.807, 2.05) is 12.1 Å². The van der Waals surface area contributed by atoms with Crippen molar-refractivity contribution in [2.45, 2.75) is 95.1 Å². The van der Waals surface area contributed by atoms with Crippen LogP contribution in [0.3, 0.4) is 0 Å². The van der Waals surface area contributed by atoms with Crippen LogP contribution in [0.2, 0.25) is 0 Å². The van der Waals surface area contributed by atoms with Crippen LogP contribution in [-0.4, -0.2) is 6.18 Å². The molecule has 0 radical (unpaired) electrons. The number of benzene rings is 1. The van der Waals surface area contributed by atoms with Gasteiger partial charge in [0, 0.05) is 5.92 Å². The van der Waals surface area contributed by atoms with Gasteiger partial charge >= 0.3 is 6.18 Å². The van der Waals surface area contributed by atoms with Gasteiger partial charge in [0.2, 0.25) is 0 Å². The molecule has 4 rings (SSSR count). The molecular formula is C29H37F5. The Labute approximate surface area is 200 Å². The number of hydrogen-bond acceptors (Lipinski definition) is 0. The van der Waals surface area contributed by atoms with Crippen molar-refractivity contribution in [2.24, 2.45) is 23.7 Å². The Kier molecular flexibility index (Phi) is 8.20. The Morgan fingerprint density at radius 1 is 0.794 bits per heavy atom. The fourth-order valence-electron chi connectivity index (χ4n) is 6.86. The van der Waals surface area contributed by atoms with Crippen molar-refractivity contribution in [3.63, 3.8) is 0 Å². The van der Waals surface area contributed by atoms with Crippen molar-refractivity contribution in [3.8, 4) is 0 Å². The summed E-state index contributed by atoms with van der Waals surface area (Å²) in [7, 11) is 0. The van der Waals surface area contributed by atoms with Crippen molar-refractivity contribution >= 4 is 0 Å². The molecule has 5 heteroatoms. The molecule has 3 fully saturated rings. The molecule has 0 aromatic heterocycles. The molecule has 0 spiro atoms. The highest BCUT2D eigenvalue weighted by molar-refractivity contribution is 5.30. The lowest BCUT2D eigenvalue weighted by Gasteiger charge is -2.38. The second kappa shape index (κ2) is 11.0. The second-order valence-electron chi connectivity index (χ2n) is 10.9. The van der Waals surface area contributed by atoms with E-state index in [1.165, 1.54) is 0 Å². The van der Waals surface area contributed by atoms with Crippen molar-refractivity contribution in [2.75, 3.05) is 0 Å². The molecule has 3 aliphatic rings. The van der Waals surface area contributed by atoms with E-state index >= 15 is 4.39 Å². The molecule has 0 heterocycles. The van der Waals surface area contributed by atoms with Crippen LogP contribution < -0.4 is 0 Å². The van der Waals surface area contributed by atoms with Gasteiger partial charge in [-0.25, -0.2) is 8.78 Å². The van der Waals surface area contributed by atoms with Gasteiger partial charge in [-0.2, -0.15) is 13.2 Å². The zero-order valence-corrected chi connectivity index (χ0v) is 19.9. The fourth-order valence-corrected chi connectivity index (χ4v) is 6.86. The molecule has 1 aromatic carbocycles. The molecule has 3 saturated carbocycles. The molecular weight excluding hydrogens is 443 g/mol. The zero-order chi connectivity index (χ0) is 24.3. The minimum absolute atomic E-state index is 0.0702. The Hall–Kier alpha value is -1.65. The Morgan fingerprint density at radius 2 is 1.35 bits per heavy atom. The van der Waals surface area contributed by atoms with Crippen molar-refractivity contribution in [3.05, 3.63) is 59.7 Å². The van der Waals surface area contributed by atoms with Gasteiger partial charge in [0.05, 0.1) is 6.08 Å². The maximum Gasteiger partial charge on any atom is 0.412 e. The van der Waals surface area contributed by atoms with E-state index in [-0.39, 0.29) is 17.8 Å². The van der Waals surface area contributed by atoms with Gasteiger partial charge in [-0.3, -0.25) is 0 Å². The van der Waals surface area contributed by atoms with E-state index in [0.29, 0.717) is 36.5 Å². The van der Waals surface area contributed by atoms with E-state index in [9.17, 15) is 17.6 Å². The predicted octanol–water partition coefficient (Wildman–Crippen LogP) is 9.78. The lowest BCUT2D eigenvalue weighted by molar-refractivity contribution is -0.0821. The molecule has 34 heavy (non-hydrogen) atoms. The predicted molar refractivity (Wildman–Crippen MR) is 127 cm³/mol. The van der Waals surface area contributed by atoms with Crippen LogP contribution in [0.5, 0.6) is 0 Å². The Balaban J connectivity index is 1.27. The van der Waals surface area contributed by atoms with Crippen LogP contribution in [0, 0.1) is 29.5 Å². The van der Waals surface area contributed by atoms with Crippen molar-refractivity contribution < 1.29 is 22.0 Å². The summed E-state index contributed by atoms with van der Waals surface area (Å²) in [4.78, 5) is 0. The largest absolute Gasteiger partial charge is 0.412 e. The molecule has 1 aromatic rings.